The van der Waals surface area contributed by atoms with Crippen LogP contribution >= 0.6 is 11.3 Å². The Labute approximate surface area is 166 Å². The number of rotatable bonds is 5. The number of hydrogen-bond acceptors (Lipinski definition) is 5. The first kappa shape index (κ1) is 18.4. The zero-order chi connectivity index (χ0) is 19.7. The number of carbonyl (C=O) groups excluding carboxylic acids is 1. The van der Waals surface area contributed by atoms with Crippen molar-refractivity contribution in [2.45, 2.75) is 12.5 Å². The van der Waals surface area contributed by atoms with Gasteiger partial charge in [-0.25, -0.2) is 9.37 Å². The molecule has 0 bridgehead atoms. The Bertz CT molecular complexity index is 1020. The van der Waals surface area contributed by atoms with E-state index in [9.17, 15) is 9.18 Å². The van der Waals surface area contributed by atoms with Gasteiger partial charge in [0.05, 0.1) is 25.8 Å². The molecule has 1 aliphatic heterocycles. The van der Waals surface area contributed by atoms with Crippen LogP contribution in [0.5, 0.6) is 11.5 Å². The zero-order valence-corrected chi connectivity index (χ0v) is 16.3. The number of nitrogens with zero attached hydrogens (tertiary/aromatic N) is 2. The highest BCUT2D eigenvalue weighted by Crippen LogP contribution is 2.40. The molecule has 0 unspecified atom stereocenters. The quantitative estimate of drug-likeness (QED) is 0.633. The van der Waals surface area contributed by atoms with E-state index in [4.69, 9.17) is 9.47 Å². The lowest BCUT2D eigenvalue weighted by Gasteiger charge is -2.41. The number of methoxy groups -OCH3 is 2. The van der Waals surface area contributed by atoms with Gasteiger partial charge in [0, 0.05) is 17.5 Å². The molecule has 7 heteroatoms. The molecule has 3 aromatic rings. The minimum absolute atomic E-state index is 0.191. The van der Waals surface area contributed by atoms with Crippen LogP contribution in [0.15, 0.2) is 47.8 Å². The molecular weight excluding hydrogens is 379 g/mol. The molecule has 28 heavy (non-hydrogen) atoms. The van der Waals surface area contributed by atoms with E-state index >= 15 is 0 Å². The molecule has 1 saturated heterocycles. The lowest BCUT2D eigenvalue weighted by atomic mass is 9.94. The Morgan fingerprint density at radius 3 is 2.68 bits per heavy atom. The fourth-order valence-corrected chi connectivity index (χ4v) is 4.21. The molecule has 144 valence electrons. The number of likely N-dealkylation sites (tertiary alicyclic amines) is 1. The molecule has 0 aliphatic carbocycles. The van der Waals surface area contributed by atoms with E-state index in [2.05, 4.69) is 4.98 Å². The summed E-state index contributed by atoms with van der Waals surface area (Å²) in [4.78, 5) is 19.1. The van der Waals surface area contributed by atoms with Crippen LogP contribution in [0.25, 0.3) is 10.6 Å². The summed E-state index contributed by atoms with van der Waals surface area (Å²) in [7, 11) is 3.14. The summed E-state index contributed by atoms with van der Waals surface area (Å²) in [6.45, 7) is 0.590. The maximum absolute atomic E-state index is 14.1. The highest BCUT2D eigenvalue weighted by molar-refractivity contribution is 7.13. The first-order valence-electron chi connectivity index (χ1n) is 8.86. The van der Waals surface area contributed by atoms with Crippen molar-refractivity contribution in [1.29, 1.82) is 0 Å². The number of thiazole rings is 1. The molecule has 2 heterocycles. The normalized spacial score (nSPS) is 15.8. The number of amides is 1. The molecule has 1 aromatic heterocycles. The van der Waals surface area contributed by atoms with E-state index in [0.29, 0.717) is 34.3 Å². The van der Waals surface area contributed by atoms with Gasteiger partial charge in [-0.05, 0) is 24.6 Å². The Hall–Kier alpha value is -2.93. The van der Waals surface area contributed by atoms with Crippen molar-refractivity contribution >= 4 is 17.2 Å². The fourth-order valence-electron chi connectivity index (χ4n) is 3.40. The molecule has 0 saturated carbocycles. The van der Waals surface area contributed by atoms with E-state index in [0.717, 1.165) is 12.0 Å². The summed E-state index contributed by atoms with van der Waals surface area (Å²) < 4.78 is 24.9. The topological polar surface area (TPSA) is 51.7 Å². The second kappa shape index (κ2) is 7.59. The SMILES string of the molecule is COc1cccc(-c2nc(C(=O)N3CC[C@H]3c3ccccc3F)cs2)c1OC. The van der Waals surface area contributed by atoms with Crippen molar-refractivity contribution in [3.8, 4) is 22.1 Å². The van der Waals surface area contributed by atoms with Crippen LogP contribution in [0.2, 0.25) is 0 Å². The van der Waals surface area contributed by atoms with Crippen LogP contribution in [0.1, 0.15) is 28.5 Å². The maximum Gasteiger partial charge on any atom is 0.273 e. The fraction of sp³-hybridized carbons (Fsp3) is 0.238. The van der Waals surface area contributed by atoms with Gasteiger partial charge in [0.2, 0.25) is 0 Å². The number of hydrogen-bond donors (Lipinski definition) is 0. The molecule has 0 radical (unpaired) electrons. The maximum atomic E-state index is 14.1. The number of benzene rings is 2. The molecule has 1 fully saturated rings. The Balaban J connectivity index is 1.60. The van der Waals surface area contributed by atoms with E-state index < -0.39 is 0 Å². The standard InChI is InChI=1S/C21H19FN2O3S/c1-26-18-9-5-7-14(19(18)27-2)20-23-16(12-28-20)21(25)24-11-10-17(24)13-6-3-4-8-15(13)22/h3-9,12,17H,10-11H2,1-2H3/t17-/m0/s1. The number of para-hydroxylation sites is 1. The molecule has 0 spiro atoms. The minimum atomic E-state index is -0.287. The highest BCUT2D eigenvalue weighted by atomic mass is 32.1. The lowest BCUT2D eigenvalue weighted by molar-refractivity contribution is 0.0448. The molecule has 1 amide bonds. The third-order valence-electron chi connectivity index (χ3n) is 4.90. The van der Waals surface area contributed by atoms with Crippen LogP contribution in [-0.2, 0) is 0 Å². The van der Waals surface area contributed by atoms with Crippen LogP contribution in [0.3, 0.4) is 0 Å². The van der Waals surface area contributed by atoms with Gasteiger partial charge >= 0.3 is 0 Å². The van der Waals surface area contributed by atoms with Crippen LogP contribution in [0.4, 0.5) is 4.39 Å². The third-order valence-corrected chi connectivity index (χ3v) is 5.78. The molecule has 2 aromatic carbocycles. The zero-order valence-electron chi connectivity index (χ0n) is 15.5. The predicted molar refractivity (Wildman–Crippen MR) is 105 cm³/mol. The van der Waals surface area contributed by atoms with Gasteiger partial charge in [-0.15, -0.1) is 11.3 Å². The van der Waals surface area contributed by atoms with E-state index in [1.165, 1.54) is 17.4 Å². The van der Waals surface area contributed by atoms with Gasteiger partial charge in [0.1, 0.15) is 16.5 Å². The third kappa shape index (κ3) is 3.11. The molecule has 1 atom stereocenters. The number of ether oxygens (including phenoxy) is 2. The van der Waals surface area contributed by atoms with Crippen LogP contribution < -0.4 is 9.47 Å². The summed E-state index contributed by atoms with van der Waals surface area (Å²) in [5, 5.41) is 2.40. The molecule has 1 aliphatic rings. The number of aromatic nitrogens is 1. The Kier molecular flexibility index (Phi) is 5.00. The van der Waals surface area contributed by atoms with Crippen LogP contribution in [-0.4, -0.2) is 36.6 Å². The summed E-state index contributed by atoms with van der Waals surface area (Å²) >= 11 is 1.36. The Morgan fingerprint density at radius 2 is 2.00 bits per heavy atom. The van der Waals surface area contributed by atoms with Crippen LogP contribution in [0, 0.1) is 5.82 Å². The van der Waals surface area contributed by atoms with Crippen molar-refractivity contribution in [1.82, 2.24) is 9.88 Å². The van der Waals surface area contributed by atoms with Gasteiger partial charge in [0.25, 0.3) is 5.91 Å². The smallest absolute Gasteiger partial charge is 0.273 e. The van der Waals surface area contributed by atoms with Crippen molar-refractivity contribution in [2.24, 2.45) is 0 Å². The first-order chi connectivity index (χ1) is 13.6. The van der Waals surface area contributed by atoms with Gasteiger partial charge < -0.3 is 14.4 Å². The monoisotopic (exact) mass is 398 g/mol. The van der Waals surface area contributed by atoms with Crippen molar-refractivity contribution in [3.63, 3.8) is 0 Å². The predicted octanol–water partition coefficient (Wildman–Crippen LogP) is 4.55. The van der Waals surface area contributed by atoms with E-state index in [1.54, 1.807) is 48.8 Å². The second-order valence-corrected chi connectivity index (χ2v) is 7.26. The summed E-state index contributed by atoms with van der Waals surface area (Å²) in [6, 6.07) is 11.9. The average molecular weight is 398 g/mol. The van der Waals surface area contributed by atoms with Crippen molar-refractivity contribution in [3.05, 3.63) is 64.9 Å². The minimum Gasteiger partial charge on any atom is -0.493 e. The molecule has 0 N–H and O–H groups in total. The number of carbonyl (C=O) groups is 1. The number of halogens is 1. The summed E-state index contributed by atoms with van der Waals surface area (Å²) in [5.74, 6) is 0.700. The summed E-state index contributed by atoms with van der Waals surface area (Å²) in [5.41, 5.74) is 1.66. The van der Waals surface area contributed by atoms with Crippen molar-refractivity contribution < 1.29 is 18.7 Å². The van der Waals surface area contributed by atoms with E-state index in [-0.39, 0.29) is 17.8 Å². The van der Waals surface area contributed by atoms with E-state index in [1.807, 2.05) is 12.1 Å². The van der Waals surface area contributed by atoms with Gasteiger partial charge in [-0.2, -0.15) is 0 Å². The first-order valence-corrected chi connectivity index (χ1v) is 9.74. The van der Waals surface area contributed by atoms with Gasteiger partial charge in [-0.3, -0.25) is 4.79 Å². The largest absolute Gasteiger partial charge is 0.493 e. The highest BCUT2D eigenvalue weighted by Gasteiger charge is 2.36. The lowest BCUT2D eigenvalue weighted by Crippen LogP contribution is -2.45. The van der Waals surface area contributed by atoms with Gasteiger partial charge in [-0.1, -0.05) is 24.3 Å². The van der Waals surface area contributed by atoms with Crippen molar-refractivity contribution in [2.75, 3.05) is 20.8 Å². The Morgan fingerprint density at radius 1 is 1.18 bits per heavy atom. The van der Waals surface area contributed by atoms with Gasteiger partial charge in [0.15, 0.2) is 11.5 Å². The molecular formula is C21H19FN2O3S. The second-order valence-electron chi connectivity index (χ2n) is 6.40. The average Bonchev–Trinajstić information content (AvgIpc) is 3.18. The molecule has 5 nitrogen and oxygen atoms in total. The summed E-state index contributed by atoms with van der Waals surface area (Å²) in [6.07, 6.45) is 0.743. The molecule has 4 rings (SSSR count).